The second-order valence-electron chi connectivity index (χ2n) is 6.02. The van der Waals surface area contributed by atoms with Crippen LogP contribution in [0, 0.1) is 12.8 Å². The van der Waals surface area contributed by atoms with E-state index in [1.165, 1.54) is 16.9 Å². The Hall–Kier alpha value is -0.940. The maximum Gasteiger partial charge on any atom is 0.0798 e. The Bertz CT molecular complexity index is 607. The van der Waals surface area contributed by atoms with Crippen LogP contribution in [0.2, 0.25) is 5.02 Å². The number of benzene rings is 1. The third-order valence-corrected chi connectivity index (χ3v) is 5.34. The van der Waals surface area contributed by atoms with Gasteiger partial charge in [0.2, 0.25) is 0 Å². The zero-order valence-electron chi connectivity index (χ0n) is 12.9. The van der Waals surface area contributed by atoms with Crippen molar-refractivity contribution < 1.29 is 0 Å². The predicted octanol–water partition coefficient (Wildman–Crippen LogP) is 3.72. The molecule has 1 atom stereocenters. The SMILES string of the molecule is Cc1ncsc1CN(Cc1cccc(Cl)c1)C[C@@H]1CCNC1. The lowest BCUT2D eigenvalue weighted by Crippen LogP contribution is -2.30. The fourth-order valence-electron chi connectivity index (χ4n) is 3.00. The molecule has 1 aliphatic heterocycles. The van der Waals surface area contributed by atoms with Crippen LogP contribution < -0.4 is 5.32 Å². The van der Waals surface area contributed by atoms with Crippen LogP contribution in [-0.4, -0.2) is 29.5 Å². The van der Waals surface area contributed by atoms with Gasteiger partial charge in [-0.2, -0.15) is 0 Å². The molecule has 0 aliphatic carbocycles. The van der Waals surface area contributed by atoms with E-state index in [1.54, 1.807) is 11.3 Å². The summed E-state index contributed by atoms with van der Waals surface area (Å²) in [6, 6.07) is 8.20. The van der Waals surface area contributed by atoms with E-state index in [2.05, 4.69) is 34.3 Å². The molecule has 0 radical (unpaired) electrons. The summed E-state index contributed by atoms with van der Waals surface area (Å²) in [5.74, 6) is 0.743. The van der Waals surface area contributed by atoms with Crippen LogP contribution in [0.15, 0.2) is 29.8 Å². The van der Waals surface area contributed by atoms with Crippen molar-refractivity contribution in [3.63, 3.8) is 0 Å². The average molecular weight is 336 g/mol. The summed E-state index contributed by atoms with van der Waals surface area (Å²) in [5, 5.41) is 4.28. The molecule has 1 saturated heterocycles. The van der Waals surface area contributed by atoms with E-state index in [1.807, 2.05) is 17.6 Å². The maximum atomic E-state index is 6.13. The van der Waals surface area contributed by atoms with Crippen LogP contribution >= 0.6 is 22.9 Å². The summed E-state index contributed by atoms with van der Waals surface area (Å²) in [4.78, 5) is 8.28. The van der Waals surface area contributed by atoms with Gasteiger partial charge < -0.3 is 5.32 Å². The van der Waals surface area contributed by atoms with Crippen molar-refractivity contribution in [2.45, 2.75) is 26.4 Å². The van der Waals surface area contributed by atoms with Gasteiger partial charge in [-0.05, 0) is 50.0 Å². The first-order chi connectivity index (χ1) is 10.7. The second kappa shape index (κ2) is 7.55. The zero-order chi connectivity index (χ0) is 15.4. The summed E-state index contributed by atoms with van der Waals surface area (Å²) in [5.41, 5.74) is 4.38. The molecule has 3 nitrogen and oxygen atoms in total. The molecule has 0 saturated carbocycles. The number of aryl methyl sites for hydroxylation is 1. The molecule has 0 spiro atoms. The fraction of sp³-hybridized carbons (Fsp3) is 0.471. The minimum absolute atomic E-state index is 0.743. The second-order valence-corrected chi connectivity index (χ2v) is 7.40. The third-order valence-electron chi connectivity index (χ3n) is 4.19. The van der Waals surface area contributed by atoms with E-state index in [-0.39, 0.29) is 0 Å². The summed E-state index contributed by atoms with van der Waals surface area (Å²) < 4.78 is 0. The van der Waals surface area contributed by atoms with Crippen LogP contribution in [0.3, 0.4) is 0 Å². The van der Waals surface area contributed by atoms with Gasteiger partial charge in [0.15, 0.2) is 0 Å². The van der Waals surface area contributed by atoms with Crippen molar-refractivity contribution in [1.82, 2.24) is 15.2 Å². The fourth-order valence-corrected chi connectivity index (χ4v) is 4.03. The Labute approximate surface area is 141 Å². The van der Waals surface area contributed by atoms with Gasteiger partial charge in [0, 0.05) is 29.5 Å². The number of halogens is 1. The molecular formula is C17H22ClN3S. The first-order valence-corrected chi connectivity index (χ1v) is 9.03. The predicted molar refractivity (Wildman–Crippen MR) is 93.4 cm³/mol. The van der Waals surface area contributed by atoms with E-state index >= 15 is 0 Å². The van der Waals surface area contributed by atoms with Crippen LogP contribution in [0.5, 0.6) is 0 Å². The molecule has 0 bridgehead atoms. The number of aromatic nitrogens is 1. The molecule has 2 heterocycles. The molecule has 2 aromatic rings. The highest BCUT2D eigenvalue weighted by Gasteiger charge is 2.19. The van der Waals surface area contributed by atoms with Gasteiger partial charge in [-0.3, -0.25) is 4.90 Å². The number of hydrogen-bond acceptors (Lipinski definition) is 4. The number of thiazole rings is 1. The van der Waals surface area contributed by atoms with Crippen LogP contribution in [0.1, 0.15) is 22.6 Å². The highest BCUT2D eigenvalue weighted by atomic mass is 35.5. The molecule has 1 aromatic carbocycles. The van der Waals surface area contributed by atoms with Gasteiger partial charge in [0.25, 0.3) is 0 Å². The van der Waals surface area contributed by atoms with Gasteiger partial charge in [-0.15, -0.1) is 11.3 Å². The third kappa shape index (κ3) is 4.29. The maximum absolute atomic E-state index is 6.13. The number of hydrogen-bond donors (Lipinski definition) is 1. The summed E-state index contributed by atoms with van der Waals surface area (Å²) in [7, 11) is 0. The first kappa shape index (κ1) is 15.9. The normalized spacial score (nSPS) is 18.2. The molecule has 3 rings (SSSR count). The van der Waals surface area contributed by atoms with Crippen molar-refractivity contribution >= 4 is 22.9 Å². The van der Waals surface area contributed by atoms with Gasteiger partial charge in [0.1, 0.15) is 0 Å². The quantitative estimate of drug-likeness (QED) is 0.872. The van der Waals surface area contributed by atoms with Crippen molar-refractivity contribution in [3.8, 4) is 0 Å². The van der Waals surface area contributed by atoms with Crippen molar-refractivity contribution in [3.05, 3.63) is 50.9 Å². The summed E-state index contributed by atoms with van der Waals surface area (Å²) in [6.45, 7) is 7.41. The average Bonchev–Trinajstić information content (AvgIpc) is 3.12. The molecular weight excluding hydrogens is 314 g/mol. The molecule has 0 unspecified atom stereocenters. The van der Waals surface area contributed by atoms with Gasteiger partial charge in [0.05, 0.1) is 11.2 Å². The molecule has 5 heteroatoms. The molecule has 1 aliphatic rings. The van der Waals surface area contributed by atoms with Crippen LogP contribution in [0.25, 0.3) is 0 Å². The topological polar surface area (TPSA) is 28.2 Å². The Kier molecular flexibility index (Phi) is 5.47. The van der Waals surface area contributed by atoms with Gasteiger partial charge in [-0.1, -0.05) is 23.7 Å². The van der Waals surface area contributed by atoms with Crippen molar-refractivity contribution in [2.24, 2.45) is 5.92 Å². The van der Waals surface area contributed by atoms with E-state index in [9.17, 15) is 0 Å². The first-order valence-electron chi connectivity index (χ1n) is 7.77. The minimum atomic E-state index is 0.743. The Balaban J connectivity index is 1.71. The number of rotatable bonds is 6. The Morgan fingerprint density at radius 3 is 3.00 bits per heavy atom. The molecule has 0 amide bonds. The zero-order valence-corrected chi connectivity index (χ0v) is 14.5. The largest absolute Gasteiger partial charge is 0.316 e. The van der Waals surface area contributed by atoms with Crippen LogP contribution in [-0.2, 0) is 13.1 Å². The van der Waals surface area contributed by atoms with E-state index in [4.69, 9.17) is 11.6 Å². The highest BCUT2D eigenvalue weighted by molar-refractivity contribution is 7.09. The lowest BCUT2D eigenvalue weighted by molar-refractivity contribution is 0.222. The Morgan fingerprint density at radius 1 is 1.41 bits per heavy atom. The monoisotopic (exact) mass is 335 g/mol. The molecule has 22 heavy (non-hydrogen) atoms. The van der Waals surface area contributed by atoms with E-state index < -0.39 is 0 Å². The summed E-state index contributed by atoms with van der Waals surface area (Å²) >= 11 is 7.89. The summed E-state index contributed by atoms with van der Waals surface area (Å²) in [6.07, 6.45) is 1.27. The molecule has 118 valence electrons. The lowest BCUT2D eigenvalue weighted by atomic mass is 10.1. The van der Waals surface area contributed by atoms with Crippen molar-refractivity contribution in [1.29, 1.82) is 0 Å². The van der Waals surface area contributed by atoms with E-state index in [0.717, 1.165) is 49.4 Å². The van der Waals surface area contributed by atoms with Crippen LogP contribution in [0.4, 0.5) is 0 Å². The van der Waals surface area contributed by atoms with Gasteiger partial charge in [-0.25, -0.2) is 4.98 Å². The standard InChI is InChI=1S/C17H22ClN3S/c1-13-17(22-12-20-13)11-21(10-15-5-6-19-8-15)9-14-3-2-4-16(18)7-14/h2-4,7,12,15,19H,5-6,8-11H2,1H3/t15-/m1/s1. The van der Waals surface area contributed by atoms with Gasteiger partial charge >= 0.3 is 0 Å². The Morgan fingerprint density at radius 2 is 2.32 bits per heavy atom. The highest BCUT2D eigenvalue weighted by Crippen LogP contribution is 2.20. The molecule has 1 aromatic heterocycles. The number of nitrogens with one attached hydrogen (secondary N) is 1. The molecule has 1 fully saturated rings. The smallest absolute Gasteiger partial charge is 0.0798 e. The lowest BCUT2D eigenvalue weighted by Gasteiger charge is -2.25. The minimum Gasteiger partial charge on any atom is -0.316 e. The number of nitrogens with zero attached hydrogens (tertiary/aromatic N) is 2. The van der Waals surface area contributed by atoms with E-state index in [0.29, 0.717) is 0 Å². The van der Waals surface area contributed by atoms with Crippen molar-refractivity contribution in [2.75, 3.05) is 19.6 Å². The molecule has 1 N–H and O–H groups in total.